The molecule has 0 aromatic heterocycles. The topological polar surface area (TPSA) is 3.24 Å². The number of benzene rings is 1. The van der Waals surface area contributed by atoms with Crippen molar-refractivity contribution >= 4 is 6.08 Å². The Morgan fingerprint density at radius 1 is 1.18 bits per heavy atom. The highest BCUT2D eigenvalue weighted by atomic mass is 15.1. The van der Waals surface area contributed by atoms with Gasteiger partial charge in [-0.3, -0.25) is 0 Å². The second kappa shape index (κ2) is 5.05. The fraction of sp³-hybridized carbons (Fsp3) is 0.250. The summed E-state index contributed by atoms with van der Waals surface area (Å²) in [4.78, 5) is 2.30. The molecule has 0 N–H and O–H groups in total. The third-order valence-electron chi connectivity index (χ3n) is 3.24. The molecule has 1 aliphatic rings. The lowest BCUT2D eigenvalue weighted by Crippen LogP contribution is -2.18. The summed E-state index contributed by atoms with van der Waals surface area (Å²) in [7, 11) is 2.15. The SMILES string of the molecule is C/C=C\C1=C(/C)N(C)Cc2ccccc2C=C1. The first-order chi connectivity index (χ1) is 8.22. The molecule has 0 saturated heterocycles. The zero-order valence-electron chi connectivity index (χ0n) is 10.8. The largest absolute Gasteiger partial charge is 0.373 e. The Morgan fingerprint density at radius 3 is 2.71 bits per heavy atom. The maximum atomic E-state index is 2.30. The summed E-state index contributed by atoms with van der Waals surface area (Å²) in [6.45, 7) is 5.20. The minimum absolute atomic E-state index is 0.966. The van der Waals surface area contributed by atoms with Gasteiger partial charge in [0, 0.05) is 19.3 Å². The van der Waals surface area contributed by atoms with Gasteiger partial charge in [-0.2, -0.15) is 0 Å². The van der Waals surface area contributed by atoms with Crippen molar-refractivity contribution in [3.63, 3.8) is 0 Å². The van der Waals surface area contributed by atoms with Gasteiger partial charge in [0.1, 0.15) is 0 Å². The molecule has 1 nitrogen and oxygen atoms in total. The fourth-order valence-corrected chi connectivity index (χ4v) is 2.09. The van der Waals surface area contributed by atoms with Crippen LogP contribution in [0.4, 0.5) is 0 Å². The van der Waals surface area contributed by atoms with Gasteiger partial charge in [-0.15, -0.1) is 0 Å². The second-order valence-electron chi connectivity index (χ2n) is 4.43. The van der Waals surface area contributed by atoms with E-state index in [1.807, 2.05) is 0 Å². The van der Waals surface area contributed by atoms with Crippen LogP contribution in [0.1, 0.15) is 25.0 Å². The van der Waals surface area contributed by atoms with E-state index >= 15 is 0 Å². The normalized spacial score (nSPS) is 20.3. The molecule has 0 unspecified atom stereocenters. The molecule has 0 radical (unpaired) electrons. The zero-order chi connectivity index (χ0) is 12.3. The van der Waals surface area contributed by atoms with Crippen LogP contribution < -0.4 is 0 Å². The fourth-order valence-electron chi connectivity index (χ4n) is 2.09. The molecule has 0 amide bonds. The predicted molar refractivity (Wildman–Crippen MR) is 74.5 cm³/mol. The first kappa shape index (κ1) is 11.7. The minimum atomic E-state index is 0.966. The van der Waals surface area contributed by atoms with Gasteiger partial charge >= 0.3 is 0 Å². The van der Waals surface area contributed by atoms with Crippen LogP contribution in [0.3, 0.4) is 0 Å². The van der Waals surface area contributed by atoms with E-state index in [0.29, 0.717) is 0 Å². The van der Waals surface area contributed by atoms with Crippen LogP contribution in [0.15, 0.2) is 53.8 Å². The minimum Gasteiger partial charge on any atom is -0.373 e. The Labute approximate surface area is 104 Å². The molecule has 2 rings (SSSR count). The van der Waals surface area contributed by atoms with E-state index in [9.17, 15) is 0 Å². The van der Waals surface area contributed by atoms with Crippen molar-refractivity contribution in [3.05, 3.63) is 64.9 Å². The molecule has 17 heavy (non-hydrogen) atoms. The molecule has 88 valence electrons. The molecule has 0 bridgehead atoms. The molecule has 0 spiro atoms. The lowest BCUT2D eigenvalue weighted by molar-refractivity contribution is 0.409. The van der Waals surface area contributed by atoms with Gasteiger partial charge in [0.2, 0.25) is 0 Å². The van der Waals surface area contributed by atoms with Crippen LogP contribution in [-0.4, -0.2) is 11.9 Å². The van der Waals surface area contributed by atoms with E-state index in [1.54, 1.807) is 0 Å². The number of allylic oxidation sites excluding steroid dienone is 5. The Hall–Kier alpha value is -1.76. The monoisotopic (exact) mass is 225 g/mol. The third kappa shape index (κ3) is 2.50. The van der Waals surface area contributed by atoms with E-state index in [2.05, 4.69) is 74.4 Å². The number of fused-ring (bicyclic) bond motifs is 1. The van der Waals surface area contributed by atoms with Crippen molar-refractivity contribution < 1.29 is 0 Å². The number of nitrogens with zero attached hydrogens (tertiary/aromatic N) is 1. The van der Waals surface area contributed by atoms with Gasteiger partial charge in [0.25, 0.3) is 0 Å². The van der Waals surface area contributed by atoms with Crippen molar-refractivity contribution in [2.75, 3.05) is 7.05 Å². The Balaban J connectivity index is 2.48. The molecule has 1 aromatic carbocycles. The Morgan fingerprint density at radius 2 is 1.94 bits per heavy atom. The van der Waals surface area contributed by atoms with E-state index in [0.717, 1.165) is 6.54 Å². The highest BCUT2D eigenvalue weighted by Crippen LogP contribution is 2.22. The highest BCUT2D eigenvalue weighted by Gasteiger charge is 2.09. The maximum absolute atomic E-state index is 2.30. The van der Waals surface area contributed by atoms with Gasteiger partial charge in [-0.25, -0.2) is 0 Å². The first-order valence-electron chi connectivity index (χ1n) is 6.03. The Bertz CT molecular complexity index is 492. The molecule has 0 saturated carbocycles. The standard InChI is InChI=1S/C16H19N/c1-4-7-14-10-11-15-8-5-6-9-16(15)12-17(3)13(14)2/h4-11H,12H2,1-3H3/b7-4-,11-10?,14-13-. The molecular formula is C16H19N. The maximum Gasteiger partial charge on any atom is 0.0429 e. The van der Waals surface area contributed by atoms with Gasteiger partial charge in [-0.1, -0.05) is 48.6 Å². The summed E-state index contributed by atoms with van der Waals surface area (Å²) < 4.78 is 0. The van der Waals surface area contributed by atoms with Crippen LogP contribution >= 0.6 is 0 Å². The van der Waals surface area contributed by atoms with Gasteiger partial charge in [0.05, 0.1) is 0 Å². The second-order valence-corrected chi connectivity index (χ2v) is 4.43. The summed E-state index contributed by atoms with van der Waals surface area (Å²) in [5.74, 6) is 0. The van der Waals surface area contributed by atoms with Crippen molar-refractivity contribution in [1.29, 1.82) is 0 Å². The van der Waals surface area contributed by atoms with E-state index in [-0.39, 0.29) is 0 Å². The highest BCUT2D eigenvalue weighted by molar-refractivity contribution is 5.59. The summed E-state index contributed by atoms with van der Waals surface area (Å²) in [6, 6.07) is 8.57. The number of hydrogen-bond donors (Lipinski definition) is 0. The van der Waals surface area contributed by atoms with Crippen molar-refractivity contribution in [1.82, 2.24) is 4.90 Å². The van der Waals surface area contributed by atoms with E-state index in [4.69, 9.17) is 0 Å². The lowest BCUT2D eigenvalue weighted by Gasteiger charge is -2.24. The van der Waals surface area contributed by atoms with Crippen LogP contribution in [0.2, 0.25) is 0 Å². The molecule has 0 atom stereocenters. The summed E-state index contributed by atoms with van der Waals surface area (Å²) in [6.07, 6.45) is 8.66. The molecule has 1 aliphatic heterocycles. The third-order valence-corrected chi connectivity index (χ3v) is 3.24. The van der Waals surface area contributed by atoms with Gasteiger partial charge < -0.3 is 4.90 Å². The van der Waals surface area contributed by atoms with Crippen LogP contribution in [0.5, 0.6) is 0 Å². The van der Waals surface area contributed by atoms with Crippen LogP contribution in [-0.2, 0) is 6.54 Å². The molecular weight excluding hydrogens is 206 g/mol. The molecule has 1 heteroatoms. The van der Waals surface area contributed by atoms with Gasteiger partial charge in [0.15, 0.2) is 0 Å². The van der Waals surface area contributed by atoms with Crippen molar-refractivity contribution in [2.24, 2.45) is 0 Å². The van der Waals surface area contributed by atoms with E-state index < -0.39 is 0 Å². The molecule has 0 aliphatic carbocycles. The van der Waals surface area contributed by atoms with Crippen LogP contribution in [0, 0.1) is 0 Å². The summed E-state index contributed by atoms with van der Waals surface area (Å²) in [5, 5.41) is 0. The smallest absolute Gasteiger partial charge is 0.0429 e. The van der Waals surface area contributed by atoms with Crippen molar-refractivity contribution in [3.8, 4) is 0 Å². The average molecular weight is 225 g/mol. The average Bonchev–Trinajstić information content (AvgIpc) is 2.34. The molecule has 1 aromatic rings. The summed E-state index contributed by atoms with van der Waals surface area (Å²) >= 11 is 0. The van der Waals surface area contributed by atoms with Crippen LogP contribution in [0.25, 0.3) is 6.08 Å². The first-order valence-corrected chi connectivity index (χ1v) is 6.03. The van der Waals surface area contributed by atoms with E-state index in [1.165, 1.54) is 22.4 Å². The van der Waals surface area contributed by atoms with Gasteiger partial charge in [-0.05, 0) is 30.5 Å². The summed E-state index contributed by atoms with van der Waals surface area (Å²) in [5.41, 5.74) is 5.29. The number of rotatable bonds is 1. The van der Waals surface area contributed by atoms with Crippen molar-refractivity contribution in [2.45, 2.75) is 20.4 Å². The number of hydrogen-bond acceptors (Lipinski definition) is 1. The molecule has 0 fully saturated rings. The Kier molecular flexibility index (Phi) is 3.48. The quantitative estimate of drug-likeness (QED) is 0.698. The molecule has 1 heterocycles. The lowest BCUT2D eigenvalue weighted by atomic mass is 10.0. The zero-order valence-corrected chi connectivity index (χ0v) is 10.8. The predicted octanol–water partition coefficient (Wildman–Crippen LogP) is 4.00.